The van der Waals surface area contributed by atoms with Gasteiger partial charge in [-0.3, -0.25) is 0 Å². The summed E-state index contributed by atoms with van der Waals surface area (Å²) in [6.07, 6.45) is 3.34. The van der Waals surface area contributed by atoms with E-state index in [1.165, 1.54) is 12.7 Å². The van der Waals surface area contributed by atoms with Gasteiger partial charge in [-0.1, -0.05) is 19.1 Å². The van der Waals surface area contributed by atoms with Gasteiger partial charge in [-0.05, 0) is 43.4 Å². The van der Waals surface area contributed by atoms with Crippen LogP contribution in [0.25, 0.3) is 0 Å². The van der Waals surface area contributed by atoms with Crippen molar-refractivity contribution >= 4 is 5.97 Å². The fourth-order valence-corrected chi connectivity index (χ4v) is 1.67. The largest absolute Gasteiger partial charge is 0.465 e. The first kappa shape index (κ1) is 13.7. The molecule has 0 aliphatic rings. The van der Waals surface area contributed by atoms with Gasteiger partial charge in [0.25, 0.3) is 0 Å². The third kappa shape index (κ3) is 4.57. The molecule has 1 unspecified atom stereocenters. The normalized spacial score (nSPS) is 12.2. The average molecular weight is 236 g/mol. The van der Waals surface area contributed by atoms with Crippen LogP contribution in [-0.2, 0) is 11.2 Å². The average Bonchev–Trinajstić information content (AvgIpc) is 2.38. The number of benzene rings is 1. The predicted octanol–water partition coefficient (Wildman–Crippen LogP) is 2.57. The van der Waals surface area contributed by atoms with Crippen LogP contribution in [0.1, 0.15) is 42.1 Å². The SMILES string of the molecule is CCC(O)CCCc1ccc(C(=O)OC)cc1. The molecule has 0 aliphatic heterocycles. The molecule has 0 aromatic heterocycles. The minimum Gasteiger partial charge on any atom is -0.465 e. The predicted molar refractivity (Wildman–Crippen MR) is 67.0 cm³/mol. The van der Waals surface area contributed by atoms with Gasteiger partial charge in [-0.2, -0.15) is 0 Å². The minimum atomic E-state index is -0.307. The van der Waals surface area contributed by atoms with Gasteiger partial charge in [0.1, 0.15) is 0 Å². The number of aryl methyl sites for hydroxylation is 1. The first-order chi connectivity index (χ1) is 8.17. The molecule has 3 heteroatoms. The van der Waals surface area contributed by atoms with Crippen molar-refractivity contribution in [2.75, 3.05) is 7.11 Å². The van der Waals surface area contributed by atoms with E-state index in [1.54, 1.807) is 12.1 Å². The molecule has 0 radical (unpaired) electrons. The summed E-state index contributed by atoms with van der Waals surface area (Å²) in [5.41, 5.74) is 1.76. The van der Waals surface area contributed by atoms with Gasteiger partial charge in [-0.15, -0.1) is 0 Å². The van der Waals surface area contributed by atoms with Crippen LogP contribution in [0.2, 0.25) is 0 Å². The van der Waals surface area contributed by atoms with E-state index in [2.05, 4.69) is 4.74 Å². The first-order valence-corrected chi connectivity index (χ1v) is 6.02. The summed E-state index contributed by atoms with van der Waals surface area (Å²) in [5.74, 6) is -0.307. The lowest BCUT2D eigenvalue weighted by Crippen LogP contribution is -2.04. The van der Waals surface area contributed by atoms with Gasteiger partial charge in [0.2, 0.25) is 0 Å². The maximum atomic E-state index is 11.2. The molecule has 0 aliphatic carbocycles. The van der Waals surface area contributed by atoms with Gasteiger partial charge in [0, 0.05) is 0 Å². The monoisotopic (exact) mass is 236 g/mol. The number of rotatable bonds is 6. The summed E-state index contributed by atoms with van der Waals surface area (Å²) >= 11 is 0. The van der Waals surface area contributed by atoms with Crippen molar-refractivity contribution in [2.45, 2.75) is 38.7 Å². The molecule has 94 valence electrons. The third-order valence-corrected chi connectivity index (χ3v) is 2.85. The van der Waals surface area contributed by atoms with Crippen molar-refractivity contribution in [3.8, 4) is 0 Å². The fraction of sp³-hybridized carbons (Fsp3) is 0.500. The summed E-state index contributed by atoms with van der Waals surface area (Å²) < 4.78 is 4.63. The Bertz CT molecular complexity index is 343. The zero-order chi connectivity index (χ0) is 12.7. The van der Waals surface area contributed by atoms with E-state index in [0.29, 0.717) is 5.56 Å². The Morgan fingerprint density at radius 2 is 2.00 bits per heavy atom. The number of carbonyl (C=O) groups excluding carboxylic acids is 1. The molecule has 17 heavy (non-hydrogen) atoms. The highest BCUT2D eigenvalue weighted by molar-refractivity contribution is 5.89. The van der Waals surface area contributed by atoms with E-state index >= 15 is 0 Å². The Labute approximate surface area is 102 Å². The van der Waals surface area contributed by atoms with Crippen molar-refractivity contribution in [1.82, 2.24) is 0 Å². The number of hydrogen-bond acceptors (Lipinski definition) is 3. The van der Waals surface area contributed by atoms with E-state index in [0.717, 1.165) is 25.7 Å². The van der Waals surface area contributed by atoms with Crippen molar-refractivity contribution in [3.05, 3.63) is 35.4 Å². The lowest BCUT2D eigenvalue weighted by atomic mass is 10.0. The van der Waals surface area contributed by atoms with Crippen LogP contribution in [-0.4, -0.2) is 24.3 Å². The fourth-order valence-electron chi connectivity index (χ4n) is 1.67. The van der Waals surface area contributed by atoms with Crippen molar-refractivity contribution < 1.29 is 14.6 Å². The molecule has 0 amide bonds. The second-order valence-electron chi connectivity index (χ2n) is 4.14. The van der Waals surface area contributed by atoms with E-state index in [1.807, 2.05) is 19.1 Å². The highest BCUT2D eigenvalue weighted by Gasteiger charge is 2.05. The molecule has 1 atom stereocenters. The lowest BCUT2D eigenvalue weighted by Gasteiger charge is -2.07. The van der Waals surface area contributed by atoms with Gasteiger partial charge >= 0.3 is 5.97 Å². The standard InChI is InChI=1S/C14H20O3/c1-3-13(15)6-4-5-11-7-9-12(10-8-11)14(16)17-2/h7-10,13,15H,3-6H2,1-2H3. The van der Waals surface area contributed by atoms with E-state index in [9.17, 15) is 9.90 Å². The number of aliphatic hydroxyl groups is 1. The van der Waals surface area contributed by atoms with Crippen LogP contribution >= 0.6 is 0 Å². The summed E-state index contributed by atoms with van der Waals surface area (Å²) in [7, 11) is 1.38. The Morgan fingerprint density at radius 3 is 2.53 bits per heavy atom. The van der Waals surface area contributed by atoms with Gasteiger partial charge in [0.05, 0.1) is 18.8 Å². The number of carbonyl (C=O) groups is 1. The van der Waals surface area contributed by atoms with Crippen LogP contribution < -0.4 is 0 Å². The van der Waals surface area contributed by atoms with Gasteiger partial charge in [-0.25, -0.2) is 4.79 Å². The molecular formula is C14H20O3. The van der Waals surface area contributed by atoms with E-state index in [-0.39, 0.29) is 12.1 Å². The molecule has 0 fully saturated rings. The molecule has 0 saturated carbocycles. The van der Waals surface area contributed by atoms with Crippen molar-refractivity contribution in [1.29, 1.82) is 0 Å². The van der Waals surface area contributed by atoms with Crippen LogP contribution in [0.5, 0.6) is 0 Å². The molecule has 3 nitrogen and oxygen atoms in total. The maximum Gasteiger partial charge on any atom is 0.337 e. The second kappa shape index (κ2) is 7.07. The summed E-state index contributed by atoms with van der Waals surface area (Å²) in [5, 5.41) is 9.42. The molecule has 1 rings (SSSR count). The Morgan fingerprint density at radius 1 is 1.35 bits per heavy atom. The Hall–Kier alpha value is -1.35. The summed E-state index contributed by atoms with van der Waals surface area (Å²) in [6, 6.07) is 7.42. The number of aliphatic hydroxyl groups excluding tert-OH is 1. The molecular weight excluding hydrogens is 216 g/mol. The van der Waals surface area contributed by atoms with E-state index < -0.39 is 0 Å². The number of hydrogen-bond donors (Lipinski definition) is 1. The van der Waals surface area contributed by atoms with Crippen LogP contribution in [0.4, 0.5) is 0 Å². The zero-order valence-corrected chi connectivity index (χ0v) is 10.5. The Kier molecular flexibility index (Phi) is 5.70. The van der Waals surface area contributed by atoms with Crippen LogP contribution in [0.3, 0.4) is 0 Å². The third-order valence-electron chi connectivity index (χ3n) is 2.85. The number of esters is 1. The summed E-state index contributed by atoms with van der Waals surface area (Å²) in [4.78, 5) is 11.2. The second-order valence-corrected chi connectivity index (χ2v) is 4.14. The molecule has 1 aromatic carbocycles. The molecule has 1 aromatic rings. The summed E-state index contributed by atoms with van der Waals surface area (Å²) in [6.45, 7) is 1.98. The van der Waals surface area contributed by atoms with Gasteiger partial charge in [0.15, 0.2) is 0 Å². The van der Waals surface area contributed by atoms with Gasteiger partial charge < -0.3 is 9.84 Å². The molecule has 0 spiro atoms. The highest BCUT2D eigenvalue weighted by atomic mass is 16.5. The maximum absolute atomic E-state index is 11.2. The topological polar surface area (TPSA) is 46.5 Å². The molecule has 0 heterocycles. The molecule has 0 bridgehead atoms. The van der Waals surface area contributed by atoms with Crippen LogP contribution in [0.15, 0.2) is 24.3 Å². The number of methoxy groups -OCH3 is 1. The van der Waals surface area contributed by atoms with E-state index in [4.69, 9.17) is 0 Å². The Balaban J connectivity index is 2.43. The van der Waals surface area contributed by atoms with Crippen molar-refractivity contribution in [3.63, 3.8) is 0 Å². The quantitative estimate of drug-likeness (QED) is 0.772. The molecule has 1 N–H and O–H groups in total. The number of ether oxygens (including phenoxy) is 1. The smallest absolute Gasteiger partial charge is 0.337 e. The molecule has 0 saturated heterocycles. The first-order valence-electron chi connectivity index (χ1n) is 6.02. The minimum absolute atomic E-state index is 0.190. The van der Waals surface area contributed by atoms with Crippen LogP contribution in [0, 0.1) is 0 Å². The highest BCUT2D eigenvalue weighted by Crippen LogP contribution is 2.10. The van der Waals surface area contributed by atoms with Crippen molar-refractivity contribution in [2.24, 2.45) is 0 Å². The lowest BCUT2D eigenvalue weighted by molar-refractivity contribution is 0.0600. The zero-order valence-electron chi connectivity index (χ0n) is 10.5.